The van der Waals surface area contributed by atoms with Gasteiger partial charge in [0.05, 0.1) is 31.5 Å². The van der Waals surface area contributed by atoms with E-state index in [-0.39, 0.29) is 24.9 Å². The van der Waals surface area contributed by atoms with E-state index in [0.717, 1.165) is 13.1 Å². The molecule has 2 heterocycles. The molecule has 0 aromatic heterocycles. The number of fused-ring (bicyclic) bond motifs is 1. The van der Waals surface area contributed by atoms with Gasteiger partial charge in [0.2, 0.25) is 6.79 Å². The van der Waals surface area contributed by atoms with Crippen molar-refractivity contribution in [2.24, 2.45) is 5.92 Å². The number of ether oxygens (including phenoxy) is 4. The second-order valence-corrected chi connectivity index (χ2v) is 9.01. The van der Waals surface area contributed by atoms with Gasteiger partial charge in [-0.15, -0.1) is 0 Å². The van der Waals surface area contributed by atoms with Gasteiger partial charge in [-0.05, 0) is 50.8 Å². The van der Waals surface area contributed by atoms with Crippen molar-refractivity contribution in [3.8, 4) is 11.5 Å². The van der Waals surface area contributed by atoms with Gasteiger partial charge in [-0.2, -0.15) is 0 Å². The molecule has 1 amide bonds. The van der Waals surface area contributed by atoms with Crippen LogP contribution in [0.25, 0.3) is 0 Å². The van der Waals surface area contributed by atoms with Crippen molar-refractivity contribution >= 4 is 5.91 Å². The molecule has 1 aromatic rings. The molecule has 3 aliphatic rings. The van der Waals surface area contributed by atoms with E-state index in [4.69, 9.17) is 18.9 Å². The number of morpholine rings is 1. The zero-order valence-corrected chi connectivity index (χ0v) is 18.5. The smallest absolute Gasteiger partial charge is 0.254 e. The van der Waals surface area contributed by atoms with E-state index in [1.165, 1.54) is 12.8 Å². The third-order valence-corrected chi connectivity index (χ3v) is 5.82. The van der Waals surface area contributed by atoms with Gasteiger partial charge in [-0.25, -0.2) is 0 Å². The van der Waals surface area contributed by atoms with Crippen LogP contribution in [0, 0.1) is 5.92 Å². The Balaban J connectivity index is 1.35. The number of carbonyl (C=O) groups is 1. The molecular weight excluding hydrogens is 400 g/mol. The van der Waals surface area contributed by atoms with Crippen LogP contribution in [0.15, 0.2) is 18.2 Å². The first kappa shape index (κ1) is 22.3. The maximum atomic E-state index is 13.3. The number of hydrogen-bond acceptors (Lipinski definition) is 7. The lowest BCUT2D eigenvalue weighted by Crippen LogP contribution is -2.51. The second kappa shape index (κ2) is 10.2. The molecule has 2 atom stereocenters. The Labute approximate surface area is 184 Å². The lowest BCUT2D eigenvalue weighted by Gasteiger charge is -2.36. The third-order valence-electron chi connectivity index (χ3n) is 5.82. The topological polar surface area (TPSA) is 80.7 Å². The van der Waals surface area contributed by atoms with Crippen molar-refractivity contribution in [3.63, 3.8) is 0 Å². The van der Waals surface area contributed by atoms with E-state index in [9.17, 15) is 9.90 Å². The van der Waals surface area contributed by atoms with Crippen molar-refractivity contribution in [1.82, 2.24) is 9.80 Å². The summed E-state index contributed by atoms with van der Waals surface area (Å²) < 4.78 is 22.3. The summed E-state index contributed by atoms with van der Waals surface area (Å²) in [6.45, 7) is 8.34. The molecule has 1 aromatic carbocycles. The molecule has 2 aliphatic heterocycles. The SMILES string of the molecule is CC(C)OC[C@@H](O)CN1CCO[C@H](CN(CC2CC2)C(=O)c2ccc3c(c2)OCO3)C1. The van der Waals surface area contributed by atoms with Crippen LogP contribution in [0.1, 0.15) is 37.0 Å². The molecule has 1 N–H and O–H groups in total. The number of carbonyl (C=O) groups excluding carboxylic acids is 1. The molecule has 2 fully saturated rings. The van der Waals surface area contributed by atoms with Crippen LogP contribution in [-0.4, -0.2) is 91.9 Å². The van der Waals surface area contributed by atoms with E-state index in [0.29, 0.717) is 55.8 Å². The lowest BCUT2D eigenvalue weighted by molar-refractivity contribution is -0.0628. The quantitative estimate of drug-likeness (QED) is 0.601. The Kier molecular flexibility index (Phi) is 7.32. The van der Waals surface area contributed by atoms with E-state index >= 15 is 0 Å². The van der Waals surface area contributed by atoms with Crippen LogP contribution in [0.5, 0.6) is 11.5 Å². The van der Waals surface area contributed by atoms with Crippen LogP contribution in [0.4, 0.5) is 0 Å². The molecule has 31 heavy (non-hydrogen) atoms. The van der Waals surface area contributed by atoms with Crippen LogP contribution < -0.4 is 9.47 Å². The van der Waals surface area contributed by atoms with Gasteiger partial charge in [0.25, 0.3) is 5.91 Å². The monoisotopic (exact) mass is 434 g/mol. The molecule has 0 unspecified atom stereocenters. The number of rotatable bonds is 10. The summed E-state index contributed by atoms with van der Waals surface area (Å²) in [6.07, 6.45) is 1.84. The van der Waals surface area contributed by atoms with Gasteiger partial charge in [0.15, 0.2) is 11.5 Å². The molecule has 8 heteroatoms. The normalized spacial score (nSPS) is 22.0. The lowest BCUT2D eigenvalue weighted by atomic mass is 10.1. The van der Waals surface area contributed by atoms with E-state index in [1.54, 1.807) is 18.2 Å². The summed E-state index contributed by atoms with van der Waals surface area (Å²) in [5.41, 5.74) is 0.610. The molecule has 8 nitrogen and oxygen atoms in total. The van der Waals surface area contributed by atoms with E-state index < -0.39 is 6.10 Å². The maximum Gasteiger partial charge on any atom is 0.254 e. The standard InChI is InChI=1S/C23H34N2O6/c1-16(2)29-14-19(26)11-24-7-8-28-20(12-24)13-25(10-17-3-4-17)23(27)18-5-6-21-22(9-18)31-15-30-21/h5-6,9,16-17,19-20,26H,3-4,7-8,10-15H2,1-2H3/t19-,20-/m0/s1. The van der Waals surface area contributed by atoms with Crippen LogP contribution >= 0.6 is 0 Å². The summed E-state index contributed by atoms with van der Waals surface area (Å²) in [7, 11) is 0. The second-order valence-electron chi connectivity index (χ2n) is 9.01. The fourth-order valence-electron chi connectivity index (χ4n) is 4.02. The first-order chi connectivity index (χ1) is 15.0. The van der Waals surface area contributed by atoms with Gasteiger partial charge in [0.1, 0.15) is 0 Å². The third kappa shape index (κ3) is 6.32. The van der Waals surface area contributed by atoms with E-state index in [2.05, 4.69) is 4.90 Å². The Morgan fingerprint density at radius 2 is 2.06 bits per heavy atom. The molecule has 172 valence electrons. The van der Waals surface area contributed by atoms with Crippen molar-refractivity contribution in [1.29, 1.82) is 0 Å². The van der Waals surface area contributed by atoms with E-state index in [1.807, 2.05) is 18.7 Å². The number of aliphatic hydroxyl groups excluding tert-OH is 1. The summed E-state index contributed by atoms with van der Waals surface area (Å²) in [5.74, 6) is 1.87. The molecule has 4 rings (SSSR count). The number of β-amino-alcohol motifs (C(OH)–C–C–N with tert-alkyl or cyclic N) is 1. The predicted molar refractivity (Wildman–Crippen MR) is 114 cm³/mol. The van der Waals surface area contributed by atoms with Crippen molar-refractivity contribution in [2.75, 3.05) is 52.7 Å². The minimum Gasteiger partial charge on any atom is -0.454 e. The highest BCUT2D eigenvalue weighted by Gasteiger charge is 2.31. The zero-order chi connectivity index (χ0) is 21.8. The minimum atomic E-state index is -0.529. The number of hydrogen-bond donors (Lipinski definition) is 1. The highest BCUT2D eigenvalue weighted by molar-refractivity contribution is 5.95. The molecule has 0 radical (unpaired) electrons. The van der Waals surface area contributed by atoms with Crippen LogP contribution in [0.3, 0.4) is 0 Å². The highest BCUT2D eigenvalue weighted by Crippen LogP contribution is 2.34. The Bertz CT molecular complexity index is 754. The van der Waals surface area contributed by atoms with Crippen LogP contribution in [-0.2, 0) is 9.47 Å². The summed E-state index contributed by atoms with van der Waals surface area (Å²) in [4.78, 5) is 17.4. The zero-order valence-electron chi connectivity index (χ0n) is 18.5. The molecule has 1 aliphatic carbocycles. The minimum absolute atomic E-state index is 0.00343. The first-order valence-corrected chi connectivity index (χ1v) is 11.3. The van der Waals surface area contributed by atoms with Crippen molar-refractivity contribution in [2.45, 2.75) is 45.0 Å². The maximum absolute atomic E-state index is 13.3. The van der Waals surface area contributed by atoms with Crippen molar-refractivity contribution < 1.29 is 28.8 Å². The summed E-state index contributed by atoms with van der Waals surface area (Å²) in [5, 5.41) is 10.3. The van der Waals surface area contributed by atoms with Gasteiger partial charge in [0, 0.05) is 38.3 Å². The number of nitrogens with zero attached hydrogens (tertiary/aromatic N) is 2. The molecule has 1 saturated carbocycles. The number of benzene rings is 1. The van der Waals surface area contributed by atoms with Gasteiger partial charge in [-0.1, -0.05) is 0 Å². The van der Waals surface area contributed by atoms with Crippen molar-refractivity contribution in [3.05, 3.63) is 23.8 Å². The fraction of sp³-hybridized carbons (Fsp3) is 0.696. The predicted octanol–water partition coefficient (Wildman–Crippen LogP) is 1.75. The molecule has 0 spiro atoms. The number of amides is 1. The summed E-state index contributed by atoms with van der Waals surface area (Å²) >= 11 is 0. The average molecular weight is 435 g/mol. The van der Waals surface area contributed by atoms with Gasteiger partial charge in [-0.3, -0.25) is 9.69 Å². The molecule has 0 bridgehead atoms. The average Bonchev–Trinajstić information content (AvgIpc) is 3.44. The number of aliphatic hydroxyl groups is 1. The molecule has 1 saturated heterocycles. The fourth-order valence-corrected chi connectivity index (χ4v) is 4.02. The first-order valence-electron chi connectivity index (χ1n) is 11.3. The Hall–Kier alpha value is -1.87. The van der Waals surface area contributed by atoms with Gasteiger partial charge < -0.3 is 29.0 Å². The Morgan fingerprint density at radius 3 is 2.84 bits per heavy atom. The van der Waals surface area contributed by atoms with Gasteiger partial charge >= 0.3 is 0 Å². The highest BCUT2D eigenvalue weighted by atomic mass is 16.7. The van der Waals surface area contributed by atoms with Crippen LogP contribution in [0.2, 0.25) is 0 Å². The summed E-state index contributed by atoms with van der Waals surface area (Å²) in [6, 6.07) is 5.36. The molecular formula is C23H34N2O6. The largest absolute Gasteiger partial charge is 0.454 e. The Morgan fingerprint density at radius 1 is 1.26 bits per heavy atom.